The number of alkyl halides is 1. The molecular formula is C26H39FN10O8P2S4Si. The van der Waals surface area contributed by atoms with E-state index in [4.69, 9.17) is 46.0 Å². The van der Waals surface area contributed by atoms with Gasteiger partial charge in [-0.2, -0.15) is 4.98 Å². The summed E-state index contributed by atoms with van der Waals surface area (Å²) >= 11 is 14.9. The molecule has 0 aromatic carbocycles. The van der Waals surface area contributed by atoms with Crippen LogP contribution in [-0.2, 0) is 39.1 Å². The van der Waals surface area contributed by atoms with Crippen molar-refractivity contribution in [3.63, 3.8) is 0 Å². The number of thiol groups is 2. The number of nitrogens with two attached hydrogens (primary N) is 2. The van der Waals surface area contributed by atoms with Crippen molar-refractivity contribution in [2.24, 2.45) is 0 Å². The maximum absolute atomic E-state index is 16.1. The minimum Gasteiger partial charge on any atom is -0.410 e. The van der Waals surface area contributed by atoms with Gasteiger partial charge in [0.25, 0.3) is 5.56 Å². The summed E-state index contributed by atoms with van der Waals surface area (Å²) in [6, 6.07) is 0. The Morgan fingerprint density at radius 1 is 1.15 bits per heavy atom. The number of ether oxygens (including phenoxy) is 1. The molecule has 3 unspecified atom stereocenters. The largest absolute Gasteiger partial charge is 0.410 e. The molecule has 0 amide bonds. The predicted molar refractivity (Wildman–Crippen MR) is 208 cm³/mol. The maximum atomic E-state index is 16.1. The summed E-state index contributed by atoms with van der Waals surface area (Å²) in [5.74, 6) is -0.0419. The molecule has 0 radical (unpaired) electrons. The van der Waals surface area contributed by atoms with Crippen molar-refractivity contribution in [3.05, 3.63) is 29.3 Å². The van der Waals surface area contributed by atoms with Crippen LogP contribution >= 0.6 is 49.2 Å². The Morgan fingerprint density at radius 2 is 1.85 bits per heavy atom. The predicted octanol–water partition coefficient (Wildman–Crippen LogP) is 3.62. The summed E-state index contributed by atoms with van der Waals surface area (Å²) in [6.45, 7) is 5.02. The monoisotopic (exact) mass is 856 g/mol. The first-order valence-corrected chi connectivity index (χ1v) is 26.1. The first kappa shape index (κ1) is 40.0. The number of nitrogens with one attached hydrogen (secondary N) is 1. The summed E-state index contributed by atoms with van der Waals surface area (Å²) in [4.78, 5) is 35.8. The van der Waals surface area contributed by atoms with Crippen molar-refractivity contribution in [2.75, 3.05) is 24.7 Å². The van der Waals surface area contributed by atoms with Crippen LogP contribution in [0.2, 0.25) is 18.1 Å². The molecule has 0 bridgehead atoms. The molecule has 2 fully saturated rings. The fourth-order valence-electron chi connectivity index (χ4n) is 5.70. The van der Waals surface area contributed by atoms with Crippen molar-refractivity contribution in [3.8, 4) is 0 Å². The van der Waals surface area contributed by atoms with E-state index in [1.807, 2.05) is 13.1 Å². The number of thioether (sulfide) groups is 1. The number of halogens is 1. The van der Waals surface area contributed by atoms with Crippen LogP contribution in [0.25, 0.3) is 22.3 Å². The summed E-state index contributed by atoms with van der Waals surface area (Å²) in [5, 5.41) is 8.92. The van der Waals surface area contributed by atoms with Crippen LogP contribution in [0.4, 0.5) is 16.2 Å². The molecule has 0 saturated carbocycles. The average Bonchev–Trinajstić information content (AvgIpc) is 3.81. The lowest BCUT2D eigenvalue weighted by atomic mass is 10.1. The molecule has 0 spiro atoms. The third kappa shape index (κ3) is 7.87. The van der Waals surface area contributed by atoms with Crippen LogP contribution in [0.15, 0.2) is 23.8 Å². The van der Waals surface area contributed by atoms with Crippen molar-refractivity contribution in [1.29, 1.82) is 0 Å². The smallest absolute Gasteiger partial charge is 0.386 e. The number of anilines is 2. The summed E-state index contributed by atoms with van der Waals surface area (Å²) in [5.41, 5.74) is 11.9. The van der Waals surface area contributed by atoms with Gasteiger partial charge in [-0.1, -0.05) is 44.8 Å². The lowest BCUT2D eigenvalue weighted by molar-refractivity contribution is -0.0420. The van der Waals surface area contributed by atoms with Crippen LogP contribution in [-0.4, -0.2) is 102 Å². The molecule has 2 aliphatic heterocycles. The van der Waals surface area contributed by atoms with E-state index in [1.165, 1.54) is 35.3 Å². The zero-order chi connectivity index (χ0) is 37.9. The number of aliphatic hydroxyl groups is 1. The van der Waals surface area contributed by atoms with Crippen molar-refractivity contribution >= 4 is 103 Å². The zero-order valence-electron chi connectivity index (χ0n) is 28.4. The summed E-state index contributed by atoms with van der Waals surface area (Å²) in [7, 11) is -2.55. The van der Waals surface area contributed by atoms with E-state index >= 15 is 4.39 Å². The Hall–Kier alpha value is -1.66. The zero-order valence-corrected chi connectivity index (χ0v) is 34.7. The summed E-state index contributed by atoms with van der Waals surface area (Å²) < 4.78 is 63.7. The maximum Gasteiger partial charge on any atom is 0.386 e. The second-order valence-electron chi connectivity index (χ2n) is 13.6. The number of hydrogen-bond acceptors (Lipinski definition) is 17. The quantitative estimate of drug-likeness (QED) is 0.0677. The van der Waals surface area contributed by atoms with Crippen LogP contribution in [0, 0.1) is 0 Å². The Morgan fingerprint density at radius 3 is 2.52 bits per heavy atom. The highest BCUT2D eigenvalue weighted by Crippen LogP contribution is 2.60. The van der Waals surface area contributed by atoms with Crippen LogP contribution in [0.3, 0.4) is 0 Å². The van der Waals surface area contributed by atoms with Gasteiger partial charge in [0.15, 0.2) is 43.3 Å². The fourth-order valence-corrected chi connectivity index (χ4v) is 11.3. The van der Waals surface area contributed by atoms with Gasteiger partial charge in [-0.25, -0.2) is 28.9 Å². The molecule has 4 aromatic heterocycles. The number of H-pyrrole nitrogens is 1. The molecule has 10 atom stereocenters. The number of rotatable bonds is 12. The van der Waals surface area contributed by atoms with Gasteiger partial charge in [0, 0.05) is 0 Å². The van der Waals surface area contributed by atoms with Gasteiger partial charge in [-0.05, 0) is 18.1 Å². The van der Waals surface area contributed by atoms with E-state index in [0.29, 0.717) is 0 Å². The van der Waals surface area contributed by atoms with Crippen molar-refractivity contribution in [1.82, 2.24) is 39.0 Å². The van der Waals surface area contributed by atoms with E-state index in [1.54, 1.807) is 4.57 Å². The van der Waals surface area contributed by atoms with Gasteiger partial charge in [0.2, 0.25) is 5.95 Å². The van der Waals surface area contributed by atoms with E-state index in [9.17, 15) is 14.5 Å². The third-order valence-electron chi connectivity index (χ3n) is 9.25. The normalized spacial score (nSPS) is 28.9. The highest BCUT2D eigenvalue weighted by atomic mass is 32.9. The summed E-state index contributed by atoms with van der Waals surface area (Å²) in [6.07, 6.45) is -5.74. The number of aliphatic hydroxyl groups excluding tert-OH is 1. The molecule has 6 rings (SSSR count). The van der Waals surface area contributed by atoms with Gasteiger partial charge in [0.05, 0.1) is 37.2 Å². The molecule has 18 nitrogen and oxygen atoms in total. The number of aromatic nitrogens is 8. The van der Waals surface area contributed by atoms with E-state index in [-0.39, 0.29) is 45.7 Å². The lowest BCUT2D eigenvalue weighted by Gasteiger charge is -2.41. The molecule has 4 aromatic rings. The highest BCUT2D eigenvalue weighted by Gasteiger charge is 2.54. The molecule has 286 valence electrons. The first-order valence-electron chi connectivity index (χ1n) is 15.8. The van der Waals surface area contributed by atoms with Crippen molar-refractivity contribution < 1.29 is 36.8 Å². The molecular weight excluding hydrogens is 818 g/mol. The lowest BCUT2D eigenvalue weighted by Crippen LogP contribution is -2.50. The van der Waals surface area contributed by atoms with Crippen molar-refractivity contribution in [2.45, 2.75) is 86.3 Å². The highest BCUT2D eigenvalue weighted by molar-refractivity contribution is 8.54. The van der Waals surface area contributed by atoms with E-state index in [2.05, 4.69) is 75.2 Å². The van der Waals surface area contributed by atoms with Crippen LogP contribution in [0.1, 0.15) is 32.4 Å². The van der Waals surface area contributed by atoms with Gasteiger partial charge >= 0.3 is 6.80 Å². The van der Waals surface area contributed by atoms with Gasteiger partial charge < -0.3 is 30.3 Å². The van der Waals surface area contributed by atoms with Gasteiger partial charge in [-0.15, -0.1) is 24.0 Å². The minimum absolute atomic E-state index is 0.0135. The second kappa shape index (κ2) is 15.1. The Bertz CT molecular complexity index is 2090. The average molecular weight is 857 g/mol. The molecule has 6 heterocycles. The Labute approximate surface area is 318 Å². The molecule has 52 heavy (non-hydrogen) atoms. The van der Waals surface area contributed by atoms with E-state index < -0.39 is 80.8 Å². The number of aromatic amines is 1. The Kier molecular flexibility index (Phi) is 11.6. The van der Waals surface area contributed by atoms with Gasteiger partial charge in [-0.3, -0.25) is 28.0 Å². The molecule has 26 heteroatoms. The van der Waals surface area contributed by atoms with Crippen LogP contribution in [0.5, 0.6) is 0 Å². The Balaban J connectivity index is 1.30. The molecule has 2 saturated heterocycles. The van der Waals surface area contributed by atoms with E-state index in [0.717, 1.165) is 0 Å². The fraction of sp³-hybridized carbons (Fsp3) is 0.615. The van der Waals surface area contributed by atoms with Crippen LogP contribution < -0.4 is 17.0 Å². The standard InChI is InChI=1S/C26H39FN10O8P2S4Si/c1-26(2,3)52(4,5)45-17-12(6-38)51-24(37-10-33-15-21(37)34-25(29)35-22(15)39)18(17)44-47(40,50)41-7-11-16(43-46(48)49)13(27)23(42-11)36-9-32-14-19(28)30-8-31-20(14)36/h8-13,16-18,23-24,38,46H,6-7H2,1-5H3,(H,40,50)(H,48,49)(H2,28,30,31)(H3,29,34,35,39)/t11-,12-,13+,16-,17?,18-,23-,24-,47?/m1/s1. The number of fused-ring (bicyclic) bond motifs is 2. The third-order valence-corrected chi connectivity index (χ3v) is 18.0. The second-order valence-corrected chi connectivity index (χ2v) is 26.6. The minimum atomic E-state index is -4.36. The molecule has 6 N–H and O–H groups in total. The number of nitrogen functional groups attached to an aromatic ring is 2. The number of hydrogen-bond donors (Lipinski definition) is 6. The molecule has 2 aliphatic rings. The number of nitrogens with zero attached hydrogens (tertiary/aromatic N) is 7. The van der Waals surface area contributed by atoms with Gasteiger partial charge in [0.1, 0.15) is 41.7 Å². The topological polar surface area (TPSA) is 243 Å². The first-order chi connectivity index (χ1) is 24.3. The SMILES string of the molecule is CC(C)(C)[Si](C)(C)OC1[C@@H](OP(=O)(S)OC[C@H]2O[C@@H](n3cnc4c(N)ncnc43)[C@@H](F)[C@@H]2O[PH](=S)S)[C@H](n2cnc3c(=O)[nH]c(N)nc32)S[C@@H]1CO. The number of imidazole rings is 2. The molecule has 0 aliphatic carbocycles.